The Morgan fingerprint density at radius 1 is 1.24 bits per heavy atom. The highest BCUT2D eigenvalue weighted by Gasteiger charge is 2.36. The fourth-order valence-electron chi connectivity index (χ4n) is 2.64. The molecule has 1 aliphatic carbocycles. The summed E-state index contributed by atoms with van der Waals surface area (Å²) in [6, 6.07) is 0. The number of nitrogens with zero attached hydrogens (tertiary/aromatic N) is 1. The van der Waals surface area contributed by atoms with E-state index in [0.717, 1.165) is 19.3 Å². The second-order valence-corrected chi connectivity index (χ2v) is 5.45. The van der Waals surface area contributed by atoms with E-state index < -0.39 is 11.9 Å². The molecule has 0 spiro atoms. The van der Waals surface area contributed by atoms with Crippen LogP contribution in [0, 0.1) is 17.8 Å². The summed E-state index contributed by atoms with van der Waals surface area (Å²) in [5.41, 5.74) is 0. The van der Waals surface area contributed by atoms with Gasteiger partial charge in [0, 0.05) is 13.6 Å². The molecule has 4 heteroatoms. The average Bonchev–Trinajstić information content (AvgIpc) is 2.27. The monoisotopic (exact) mass is 241 g/mol. The summed E-state index contributed by atoms with van der Waals surface area (Å²) in [5.74, 6) is -1.20. The van der Waals surface area contributed by atoms with E-state index in [2.05, 4.69) is 13.8 Å². The number of hydrogen-bond donors (Lipinski definition) is 1. The van der Waals surface area contributed by atoms with Gasteiger partial charge in [0.15, 0.2) is 0 Å². The van der Waals surface area contributed by atoms with E-state index in [1.165, 1.54) is 0 Å². The van der Waals surface area contributed by atoms with Crippen LogP contribution in [0.1, 0.15) is 39.5 Å². The van der Waals surface area contributed by atoms with Gasteiger partial charge in [-0.1, -0.05) is 26.7 Å². The summed E-state index contributed by atoms with van der Waals surface area (Å²) in [7, 11) is 1.77. The molecule has 0 aromatic carbocycles. The Labute approximate surface area is 103 Å². The number of carboxylic acid groups (broad SMARTS) is 1. The maximum absolute atomic E-state index is 12.2. The standard InChI is InChI=1S/C13H23NO3/c1-9(2)8-14(3)12(15)10-6-4-5-7-11(10)13(16)17/h9-11H,4-8H2,1-3H3,(H,16,17). The minimum absolute atomic E-state index is 0.00537. The van der Waals surface area contributed by atoms with Crippen LogP contribution >= 0.6 is 0 Å². The maximum Gasteiger partial charge on any atom is 0.307 e. The number of carbonyl (C=O) groups excluding carboxylic acids is 1. The molecule has 0 aromatic heterocycles. The fraction of sp³-hybridized carbons (Fsp3) is 0.846. The van der Waals surface area contributed by atoms with Gasteiger partial charge in [-0.2, -0.15) is 0 Å². The van der Waals surface area contributed by atoms with Gasteiger partial charge in [-0.05, 0) is 18.8 Å². The van der Waals surface area contributed by atoms with Crippen molar-refractivity contribution in [2.45, 2.75) is 39.5 Å². The molecule has 4 nitrogen and oxygen atoms in total. The van der Waals surface area contributed by atoms with Gasteiger partial charge in [-0.25, -0.2) is 0 Å². The Bertz CT molecular complexity index is 288. The van der Waals surface area contributed by atoms with Gasteiger partial charge >= 0.3 is 5.97 Å². The molecular formula is C13H23NO3. The first-order valence-electron chi connectivity index (χ1n) is 6.41. The van der Waals surface area contributed by atoms with Crippen molar-refractivity contribution in [2.24, 2.45) is 17.8 Å². The van der Waals surface area contributed by atoms with E-state index in [1.54, 1.807) is 11.9 Å². The van der Waals surface area contributed by atoms with Crippen molar-refractivity contribution in [1.82, 2.24) is 4.90 Å². The van der Waals surface area contributed by atoms with E-state index >= 15 is 0 Å². The number of rotatable bonds is 4. The highest BCUT2D eigenvalue weighted by Crippen LogP contribution is 2.31. The third-order valence-electron chi connectivity index (χ3n) is 3.42. The molecule has 1 N–H and O–H groups in total. The minimum Gasteiger partial charge on any atom is -0.481 e. The summed E-state index contributed by atoms with van der Waals surface area (Å²) in [6.07, 6.45) is 3.25. The maximum atomic E-state index is 12.2. The number of carbonyl (C=O) groups is 2. The molecule has 2 unspecified atom stereocenters. The molecule has 0 heterocycles. The van der Waals surface area contributed by atoms with Crippen molar-refractivity contribution in [3.63, 3.8) is 0 Å². The number of amides is 1. The molecule has 1 amide bonds. The molecule has 0 saturated heterocycles. The summed E-state index contributed by atoms with van der Waals surface area (Å²) in [6.45, 7) is 4.81. The molecule has 0 bridgehead atoms. The van der Waals surface area contributed by atoms with Crippen LogP contribution in [0.3, 0.4) is 0 Å². The van der Waals surface area contributed by atoms with E-state index in [0.29, 0.717) is 18.9 Å². The molecule has 0 aliphatic heterocycles. The molecule has 1 rings (SSSR count). The van der Waals surface area contributed by atoms with E-state index in [9.17, 15) is 9.59 Å². The van der Waals surface area contributed by atoms with E-state index in [-0.39, 0.29) is 11.8 Å². The van der Waals surface area contributed by atoms with Crippen LogP contribution in [0.15, 0.2) is 0 Å². The van der Waals surface area contributed by atoms with Crippen molar-refractivity contribution in [2.75, 3.05) is 13.6 Å². The van der Waals surface area contributed by atoms with Gasteiger partial charge in [0.25, 0.3) is 0 Å². The Balaban J connectivity index is 2.67. The predicted molar refractivity (Wildman–Crippen MR) is 65.6 cm³/mol. The molecule has 0 aromatic rings. The highest BCUT2D eigenvalue weighted by molar-refractivity contribution is 5.84. The van der Waals surface area contributed by atoms with Gasteiger partial charge < -0.3 is 10.0 Å². The molecule has 1 saturated carbocycles. The first-order valence-corrected chi connectivity index (χ1v) is 6.41. The first kappa shape index (κ1) is 14.0. The second-order valence-electron chi connectivity index (χ2n) is 5.45. The molecular weight excluding hydrogens is 218 g/mol. The lowest BCUT2D eigenvalue weighted by Crippen LogP contribution is -2.41. The van der Waals surface area contributed by atoms with E-state index in [4.69, 9.17) is 5.11 Å². The van der Waals surface area contributed by atoms with Crippen LogP contribution in [0.25, 0.3) is 0 Å². The quantitative estimate of drug-likeness (QED) is 0.819. The molecule has 1 aliphatic rings. The summed E-state index contributed by atoms with van der Waals surface area (Å²) in [5, 5.41) is 9.15. The Kier molecular flexibility index (Phi) is 4.97. The number of hydrogen-bond acceptors (Lipinski definition) is 2. The van der Waals surface area contributed by atoms with Crippen LogP contribution in [0.4, 0.5) is 0 Å². The van der Waals surface area contributed by atoms with Crippen molar-refractivity contribution in [1.29, 1.82) is 0 Å². The van der Waals surface area contributed by atoms with Crippen molar-refractivity contribution < 1.29 is 14.7 Å². The fourth-order valence-corrected chi connectivity index (χ4v) is 2.64. The third kappa shape index (κ3) is 3.72. The average molecular weight is 241 g/mol. The zero-order valence-electron chi connectivity index (χ0n) is 11.0. The molecule has 1 fully saturated rings. The van der Waals surface area contributed by atoms with Crippen LogP contribution < -0.4 is 0 Å². The Morgan fingerprint density at radius 3 is 2.24 bits per heavy atom. The molecule has 0 radical (unpaired) electrons. The normalized spacial score (nSPS) is 24.7. The van der Waals surface area contributed by atoms with Gasteiger partial charge in [0.1, 0.15) is 0 Å². The van der Waals surface area contributed by atoms with Gasteiger partial charge in [-0.15, -0.1) is 0 Å². The summed E-state index contributed by atoms with van der Waals surface area (Å²) < 4.78 is 0. The van der Waals surface area contributed by atoms with E-state index in [1.807, 2.05) is 0 Å². The second kappa shape index (κ2) is 6.03. The zero-order valence-corrected chi connectivity index (χ0v) is 11.0. The smallest absolute Gasteiger partial charge is 0.307 e. The van der Waals surface area contributed by atoms with Gasteiger partial charge in [0.05, 0.1) is 11.8 Å². The summed E-state index contributed by atoms with van der Waals surface area (Å²) >= 11 is 0. The predicted octanol–water partition coefficient (Wildman–Crippen LogP) is 1.99. The van der Waals surface area contributed by atoms with Crippen LogP contribution in [-0.4, -0.2) is 35.5 Å². The first-order chi connectivity index (χ1) is 7.93. The van der Waals surface area contributed by atoms with Crippen molar-refractivity contribution >= 4 is 11.9 Å². The van der Waals surface area contributed by atoms with Crippen molar-refractivity contribution in [3.05, 3.63) is 0 Å². The largest absolute Gasteiger partial charge is 0.481 e. The number of aliphatic carboxylic acids is 1. The Hall–Kier alpha value is -1.06. The zero-order chi connectivity index (χ0) is 13.0. The summed E-state index contributed by atoms with van der Waals surface area (Å²) in [4.78, 5) is 25.0. The number of carboxylic acids is 1. The van der Waals surface area contributed by atoms with Crippen LogP contribution in [-0.2, 0) is 9.59 Å². The molecule has 2 atom stereocenters. The van der Waals surface area contributed by atoms with Crippen molar-refractivity contribution in [3.8, 4) is 0 Å². The lowest BCUT2D eigenvalue weighted by molar-refractivity contribution is -0.152. The third-order valence-corrected chi connectivity index (χ3v) is 3.42. The van der Waals surface area contributed by atoms with Crippen LogP contribution in [0.2, 0.25) is 0 Å². The van der Waals surface area contributed by atoms with Gasteiger partial charge in [0.2, 0.25) is 5.91 Å². The van der Waals surface area contributed by atoms with Crippen LogP contribution in [0.5, 0.6) is 0 Å². The lowest BCUT2D eigenvalue weighted by Gasteiger charge is -2.31. The highest BCUT2D eigenvalue weighted by atomic mass is 16.4. The topological polar surface area (TPSA) is 57.6 Å². The van der Waals surface area contributed by atoms with Gasteiger partial charge in [-0.3, -0.25) is 9.59 Å². The minimum atomic E-state index is -0.819. The molecule has 17 heavy (non-hydrogen) atoms. The molecule has 98 valence electrons. The Morgan fingerprint density at radius 2 is 1.76 bits per heavy atom. The lowest BCUT2D eigenvalue weighted by atomic mass is 9.78. The SMILES string of the molecule is CC(C)CN(C)C(=O)C1CCCCC1C(=O)O.